The van der Waals surface area contributed by atoms with E-state index in [2.05, 4.69) is 35.1 Å². The fourth-order valence-corrected chi connectivity index (χ4v) is 1.67. The van der Waals surface area contributed by atoms with E-state index in [-0.39, 0.29) is 0 Å². The zero-order valence-electron chi connectivity index (χ0n) is 10.0. The molecule has 3 heteroatoms. The van der Waals surface area contributed by atoms with Crippen LogP contribution in [0, 0.1) is 5.92 Å². The quantitative estimate of drug-likeness (QED) is 0.775. The molecule has 0 spiro atoms. The molecule has 0 aliphatic rings. The summed E-state index contributed by atoms with van der Waals surface area (Å²) < 4.78 is 6.66. The largest absolute Gasteiger partial charge is 0.492 e. The molecular formula is C13H20BrNO. The maximum Gasteiger partial charge on any atom is 0.120 e. The lowest BCUT2D eigenvalue weighted by Gasteiger charge is -2.11. The van der Waals surface area contributed by atoms with Crippen molar-refractivity contribution in [2.75, 3.05) is 19.7 Å². The molecule has 0 aliphatic heterocycles. The van der Waals surface area contributed by atoms with Gasteiger partial charge in [-0.25, -0.2) is 0 Å². The van der Waals surface area contributed by atoms with Crippen LogP contribution in [0.1, 0.15) is 20.3 Å². The van der Waals surface area contributed by atoms with E-state index in [0.29, 0.717) is 6.61 Å². The van der Waals surface area contributed by atoms with Gasteiger partial charge in [0.2, 0.25) is 0 Å². The lowest BCUT2D eigenvalue weighted by atomic mass is 10.1. The molecule has 0 heterocycles. The van der Waals surface area contributed by atoms with Crippen LogP contribution < -0.4 is 10.1 Å². The summed E-state index contributed by atoms with van der Waals surface area (Å²) >= 11 is 3.42. The molecule has 0 aliphatic carbocycles. The average Bonchev–Trinajstić information content (AvgIpc) is 2.28. The monoisotopic (exact) mass is 285 g/mol. The van der Waals surface area contributed by atoms with Crippen molar-refractivity contribution in [2.24, 2.45) is 5.92 Å². The molecule has 0 fully saturated rings. The number of hydrogen-bond donors (Lipinski definition) is 1. The molecule has 1 unspecified atom stereocenters. The topological polar surface area (TPSA) is 21.3 Å². The molecule has 0 radical (unpaired) electrons. The van der Waals surface area contributed by atoms with Crippen molar-refractivity contribution >= 4 is 15.9 Å². The van der Waals surface area contributed by atoms with Gasteiger partial charge in [-0.05, 0) is 30.7 Å². The Bertz CT molecular complexity index is 304. The summed E-state index contributed by atoms with van der Waals surface area (Å²) in [4.78, 5) is 0. The van der Waals surface area contributed by atoms with E-state index in [1.165, 1.54) is 6.42 Å². The maximum atomic E-state index is 5.61. The first kappa shape index (κ1) is 13.5. The molecule has 90 valence electrons. The summed E-state index contributed by atoms with van der Waals surface area (Å²) in [7, 11) is 0. The van der Waals surface area contributed by atoms with Gasteiger partial charge in [-0.2, -0.15) is 0 Å². The Labute approximate surface area is 107 Å². The molecule has 1 rings (SSSR count). The molecule has 16 heavy (non-hydrogen) atoms. The zero-order chi connectivity index (χ0) is 11.8. The van der Waals surface area contributed by atoms with E-state index in [9.17, 15) is 0 Å². The number of rotatable bonds is 7. The van der Waals surface area contributed by atoms with E-state index in [4.69, 9.17) is 4.74 Å². The van der Waals surface area contributed by atoms with Gasteiger partial charge < -0.3 is 10.1 Å². The summed E-state index contributed by atoms with van der Waals surface area (Å²) in [6, 6.07) is 7.92. The standard InChI is InChI=1S/C13H20BrNO/c1-3-11(2)10-15-7-8-16-13-6-4-5-12(14)9-13/h4-6,9,11,15H,3,7-8,10H2,1-2H3. The molecule has 0 aromatic heterocycles. The third-order valence-corrected chi connectivity index (χ3v) is 3.03. The molecule has 1 aromatic rings. The van der Waals surface area contributed by atoms with Gasteiger partial charge in [0.1, 0.15) is 12.4 Å². The highest BCUT2D eigenvalue weighted by Gasteiger charge is 1.97. The van der Waals surface area contributed by atoms with Crippen molar-refractivity contribution in [3.05, 3.63) is 28.7 Å². The highest BCUT2D eigenvalue weighted by Crippen LogP contribution is 2.17. The van der Waals surface area contributed by atoms with Crippen LogP contribution in [0.2, 0.25) is 0 Å². The van der Waals surface area contributed by atoms with Crippen LogP contribution in [0.3, 0.4) is 0 Å². The van der Waals surface area contributed by atoms with E-state index < -0.39 is 0 Å². The van der Waals surface area contributed by atoms with E-state index in [0.717, 1.165) is 29.2 Å². The second-order valence-electron chi connectivity index (χ2n) is 4.02. The summed E-state index contributed by atoms with van der Waals surface area (Å²) in [6.07, 6.45) is 1.22. The minimum atomic E-state index is 0.715. The summed E-state index contributed by atoms with van der Waals surface area (Å²) in [5.74, 6) is 1.66. The van der Waals surface area contributed by atoms with Crippen molar-refractivity contribution in [1.29, 1.82) is 0 Å². The van der Waals surface area contributed by atoms with Crippen LogP contribution in [0.25, 0.3) is 0 Å². The predicted octanol–water partition coefficient (Wildman–Crippen LogP) is 3.46. The zero-order valence-corrected chi connectivity index (χ0v) is 11.6. The van der Waals surface area contributed by atoms with Crippen LogP contribution in [0.15, 0.2) is 28.7 Å². The first-order valence-corrected chi connectivity index (χ1v) is 6.60. The third-order valence-electron chi connectivity index (χ3n) is 2.53. The number of hydrogen-bond acceptors (Lipinski definition) is 2. The highest BCUT2D eigenvalue weighted by molar-refractivity contribution is 9.10. The lowest BCUT2D eigenvalue weighted by molar-refractivity contribution is 0.309. The van der Waals surface area contributed by atoms with Crippen molar-refractivity contribution in [3.63, 3.8) is 0 Å². The van der Waals surface area contributed by atoms with Gasteiger partial charge in [0.25, 0.3) is 0 Å². The van der Waals surface area contributed by atoms with Gasteiger partial charge in [0.15, 0.2) is 0 Å². The molecule has 1 atom stereocenters. The van der Waals surface area contributed by atoms with Crippen molar-refractivity contribution in [1.82, 2.24) is 5.32 Å². The van der Waals surface area contributed by atoms with Gasteiger partial charge in [-0.1, -0.05) is 42.3 Å². The van der Waals surface area contributed by atoms with Gasteiger partial charge in [-0.3, -0.25) is 0 Å². The van der Waals surface area contributed by atoms with Crippen LogP contribution >= 0.6 is 15.9 Å². The van der Waals surface area contributed by atoms with Gasteiger partial charge in [0.05, 0.1) is 0 Å². The van der Waals surface area contributed by atoms with Crippen molar-refractivity contribution in [3.8, 4) is 5.75 Å². The number of nitrogens with one attached hydrogen (secondary N) is 1. The number of benzene rings is 1. The Morgan fingerprint density at radius 1 is 1.44 bits per heavy atom. The summed E-state index contributed by atoms with van der Waals surface area (Å²) in [6.45, 7) is 7.15. The Kier molecular flexibility index (Phi) is 6.50. The fraction of sp³-hybridized carbons (Fsp3) is 0.538. The molecule has 1 N–H and O–H groups in total. The molecule has 0 saturated heterocycles. The van der Waals surface area contributed by atoms with Crippen molar-refractivity contribution in [2.45, 2.75) is 20.3 Å². The maximum absolute atomic E-state index is 5.61. The molecule has 0 amide bonds. The van der Waals surface area contributed by atoms with Crippen LogP contribution in [-0.4, -0.2) is 19.7 Å². The van der Waals surface area contributed by atoms with E-state index in [1.54, 1.807) is 0 Å². The summed E-state index contributed by atoms with van der Waals surface area (Å²) in [5, 5.41) is 3.38. The Hall–Kier alpha value is -0.540. The first-order chi connectivity index (χ1) is 7.72. The van der Waals surface area contributed by atoms with Crippen LogP contribution in [0.4, 0.5) is 0 Å². The molecule has 0 saturated carbocycles. The Morgan fingerprint density at radius 2 is 2.25 bits per heavy atom. The lowest BCUT2D eigenvalue weighted by Crippen LogP contribution is -2.25. The van der Waals surface area contributed by atoms with Crippen LogP contribution in [0.5, 0.6) is 5.75 Å². The predicted molar refractivity (Wildman–Crippen MR) is 72.0 cm³/mol. The summed E-state index contributed by atoms with van der Waals surface area (Å²) in [5.41, 5.74) is 0. The molecule has 1 aromatic carbocycles. The second-order valence-corrected chi connectivity index (χ2v) is 4.94. The molecule has 2 nitrogen and oxygen atoms in total. The van der Waals surface area contributed by atoms with Crippen LogP contribution in [-0.2, 0) is 0 Å². The van der Waals surface area contributed by atoms with E-state index in [1.807, 2.05) is 24.3 Å². The number of ether oxygens (including phenoxy) is 1. The van der Waals surface area contributed by atoms with Crippen molar-refractivity contribution < 1.29 is 4.74 Å². The minimum absolute atomic E-state index is 0.715. The average molecular weight is 286 g/mol. The third kappa shape index (κ3) is 5.52. The number of halogens is 1. The van der Waals surface area contributed by atoms with Gasteiger partial charge in [0, 0.05) is 11.0 Å². The van der Waals surface area contributed by atoms with Gasteiger partial charge >= 0.3 is 0 Å². The highest BCUT2D eigenvalue weighted by atomic mass is 79.9. The smallest absolute Gasteiger partial charge is 0.120 e. The normalized spacial score (nSPS) is 12.4. The fourth-order valence-electron chi connectivity index (χ4n) is 1.29. The minimum Gasteiger partial charge on any atom is -0.492 e. The first-order valence-electron chi connectivity index (χ1n) is 5.81. The Morgan fingerprint density at radius 3 is 2.94 bits per heavy atom. The van der Waals surface area contributed by atoms with Gasteiger partial charge in [-0.15, -0.1) is 0 Å². The Balaban J connectivity index is 2.12. The molecular weight excluding hydrogens is 266 g/mol. The molecule has 0 bridgehead atoms. The SMILES string of the molecule is CCC(C)CNCCOc1cccc(Br)c1. The van der Waals surface area contributed by atoms with E-state index >= 15 is 0 Å². The second kappa shape index (κ2) is 7.69.